The predicted octanol–water partition coefficient (Wildman–Crippen LogP) is 4.60. The molecular formula is C24H36N2O4S. The Hall–Kier alpha value is -1.96. The van der Waals surface area contributed by atoms with Gasteiger partial charge in [0.1, 0.15) is 10.8 Å². The summed E-state index contributed by atoms with van der Waals surface area (Å²) in [5.74, 6) is 0.115. The second-order valence-electron chi connectivity index (χ2n) is 9.14. The molecule has 2 heterocycles. The highest BCUT2D eigenvalue weighted by Gasteiger charge is 2.48. The molecule has 31 heavy (non-hydrogen) atoms. The number of nitrogens with zero attached hydrogens (tertiary/aromatic N) is 2. The first kappa shape index (κ1) is 25.3. The molecule has 1 aliphatic rings. The number of methoxy groups -OCH3 is 1. The van der Waals surface area contributed by atoms with Gasteiger partial charge in [0, 0.05) is 30.2 Å². The molecule has 1 aliphatic heterocycles. The van der Waals surface area contributed by atoms with Gasteiger partial charge in [-0.1, -0.05) is 40.0 Å². The number of hydrogen-bond acceptors (Lipinski definition) is 7. The Morgan fingerprint density at radius 3 is 2.74 bits per heavy atom. The number of carbonyl (C=O) groups is 1. The van der Waals surface area contributed by atoms with Gasteiger partial charge in [-0.25, -0.2) is 9.78 Å². The Morgan fingerprint density at radius 2 is 2.19 bits per heavy atom. The molecule has 0 spiro atoms. The minimum Gasteiger partial charge on any atom is -0.494 e. The van der Waals surface area contributed by atoms with E-state index in [1.165, 1.54) is 7.11 Å². The second kappa shape index (κ2) is 10.1. The fraction of sp³-hybridized carbons (Fsp3) is 0.583. The third-order valence-electron chi connectivity index (χ3n) is 5.91. The zero-order valence-corrected chi connectivity index (χ0v) is 20.4. The van der Waals surface area contributed by atoms with Gasteiger partial charge in [0.15, 0.2) is 5.60 Å². The van der Waals surface area contributed by atoms with E-state index in [4.69, 9.17) is 9.47 Å². The van der Waals surface area contributed by atoms with Gasteiger partial charge in [0.25, 0.3) is 0 Å². The zero-order chi connectivity index (χ0) is 23.4. The molecule has 0 aromatic carbocycles. The first-order chi connectivity index (χ1) is 14.5. The van der Waals surface area contributed by atoms with Gasteiger partial charge in [-0.15, -0.1) is 11.3 Å². The fourth-order valence-electron chi connectivity index (χ4n) is 3.87. The van der Waals surface area contributed by atoms with Crippen LogP contribution >= 0.6 is 11.3 Å². The molecule has 1 unspecified atom stereocenters. The number of esters is 1. The number of ether oxygens (including phenoxy) is 2. The number of aromatic nitrogens is 1. The number of rotatable bonds is 8. The van der Waals surface area contributed by atoms with Crippen LogP contribution in [0.1, 0.15) is 57.0 Å². The van der Waals surface area contributed by atoms with E-state index in [0.29, 0.717) is 18.8 Å². The first-order valence-corrected chi connectivity index (χ1v) is 11.4. The number of β-amino-alcohol motifs (C(OH)–C–C–N with tert-alkyl or cyclic N) is 1. The van der Waals surface area contributed by atoms with Crippen LogP contribution in [0.25, 0.3) is 5.57 Å². The van der Waals surface area contributed by atoms with E-state index in [9.17, 15) is 9.90 Å². The lowest BCUT2D eigenvalue weighted by Crippen LogP contribution is -2.58. The van der Waals surface area contributed by atoms with Crippen molar-refractivity contribution in [3.05, 3.63) is 47.2 Å². The molecule has 0 bridgehead atoms. The Bertz CT molecular complexity index is 839. The molecule has 1 aromatic rings. The van der Waals surface area contributed by atoms with E-state index in [1.54, 1.807) is 17.4 Å². The minimum absolute atomic E-state index is 0.0297. The largest absolute Gasteiger partial charge is 0.494 e. The summed E-state index contributed by atoms with van der Waals surface area (Å²) in [4.78, 5) is 20.2. The third kappa shape index (κ3) is 5.84. The number of allylic oxidation sites excluding steroid dienone is 3. The van der Waals surface area contributed by atoms with Crippen molar-refractivity contribution in [1.82, 2.24) is 9.88 Å². The number of aliphatic hydroxyl groups is 1. The van der Waals surface area contributed by atoms with Gasteiger partial charge in [0.05, 0.1) is 19.3 Å². The molecule has 0 aliphatic carbocycles. The van der Waals surface area contributed by atoms with Crippen LogP contribution in [0.15, 0.2) is 37.3 Å². The van der Waals surface area contributed by atoms with Crippen LogP contribution in [-0.4, -0.2) is 53.4 Å². The van der Waals surface area contributed by atoms with Crippen LogP contribution in [0.5, 0.6) is 0 Å². The highest BCUT2D eigenvalue weighted by molar-refractivity contribution is 7.12. The van der Waals surface area contributed by atoms with E-state index in [2.05, 4.69) is 50.7 Å². The van der Waals surface area contributed by atoms with Crippen LogP contribution < -0.4 is 0 Å². The molecule has 6 nitrogen and oxygen atoms in total. The van der Waals surface area contributed by atoms with Gasteiger partial charge in [0.2, 0.25) is 0 Å². The van der Waals surface area contributed by atoms with E-state index in [0.717, 1.165) is 22.0 Å². The molecule has 1 saturated heterocycles. The highest BCUT2D eigenvalue weighted by atomic mass is 32.1. The fourth-order valence-corrected chi connectivity index (χ4v) is 4.92. The van der Waals surface area contributed by atoms with E-state index >= 15 is 0 Å². The second-order valence-corrected chi connectivity index (χ2v) is 10.2. The summed E-state index contributed by atoms with van der Waals surface area (Å²) in [5, 5.41) is 12.0. The van der Waals surface area contributed by atoms with Crippen LogP contribution in [0, 0.1) is 11.3 Å². The Kier molecular flexibility index (Phi) is 8.25. The van der Waals surface area contributed by atoms with Gasteiger partial charge in [-0.2, -0.15) is 0 Å². The van der Waals surface area contributed by atoms with Gasteiger partial charge >= 0.3 is 5.97 Å². The van der Waals surface area contributed by atoms with Crippen molar-refractivity contribution in [1.29, 1.82) is 0 Å². The lowest BCUT2D eigenvalue weighted by atomic mass is 9.71. The Balaban J connectivity index is 2.33. The summed E-state index contributed by atoms with van der Waals surface area (Å²) in [6, 6.07) is -0.0297. The molecule has 0 radical (unpaired) electrons. The van der Waals surface area contributed by atoms with Crippen molar-refractivity contribution < 1.29 is 19.4 Å². The SMILES string of the molecule is C=C/C=C(\C(=C)OCC)c1ncc(C(C)N2C[C@H](C(C)(C)C)C[C@@](O)(C(=O)OC)C2)s1. The minimum atomic E-state index is -1.52. The predicted molar refractivity (Wildman–Crippen MR) is 126 cm³/mol. The smallest absolute Gasteiger partial charge is 0.339 e. The third-order valence-corrected chi connectivity index (χ3v) is 7.11. The topological polar surface area (TPSA) is 71.9 Å². The number of thiazole rings is 1. The summed E-state index contributed by atoms with van der Waals surface area (Å²) in [6.45, 7) is 19.7. The van der Waals surface area contributed by atoms with Crippen molar-refractivity contribution in [3.8, 4) is 0 Å². The molecule has 0 amide bonds. The van der Waals surface area contributed by atoms with E-state index < -0.39 is 11.6 Å². The van der Waals surface area contributed by atoms with Crippen molar-refractivity contribution >= 4 is 22.9 Å². The average Bonchev–Trinajstić information content (AvgIpc) is 3.19. The lowest BCUT2D eigenvalue weighted by Gasteiger charge is -2.47. The Labute approximate surface area is 190 Å². The summed E-state index contributed by atoms with van der Waals surface area (Å²) >= 11 is 1.55. The van der Waals surface area contributed by atoms with Crippen molar-refractivity contribution in [2.24, 2.45) is 11.3 Å². The molecule has 3 atom stereocenters. The number of piperidine rings is 1. The summed E-state index contributed by atoms with van der Waals surface area (Å²) in [7, 11) is 1.32. The standard InChI is InChI=1S/C24H36N2O4S/c1-9-11-19(17(4)30-10-2)21-25-13-20(31-21)16(3)26-14-18(23(5,6)7)12-24(28,15-26)22(27)29-8/h9,11,13,16,18,28H,1,4,10,12,14-15H2,2-3,5-8H3/b19-11+/t16?,18-,24+/m1/s1. The van der Waals surface area contributed by atoms with Gasteiger partial charge in [-0.05, 0) is 37.7 Å². The zero-order valence-electron chi connectivity index (χ0n) is 19.6. The van der Waals surface area contributed by atoms with Gasteiger partial charge in [-0.3, -0.25) is 4.90 Å². The molecule has 1 aromatic heterocycles. The number of likely N-dealkylation sites (tertiary alicyclic amines) is 1. The molecule has 172 valence electrons. The van der Waals surface area contributed by atoms with E-state index in [-0.39, 0.29) is 23.9 Å². The molecule has 0 saturated carbocycles. The van der Waals surface area contributed by atoms with Crippen molar-refractivity contribution in [2.45, 2.75) is 52.7 Å². The normalized spacial score (nSPS) is 23.8. The molecule has 2 rings (SSSR count). The summed E-state index contributed by atoms with van der Waals surface area (Å²) in [6.07, 6.45) is 5.77. The quantitative estimate of drug-likeness (QED) is 0.356. The first-order valence-electron chi connectivity index (χ1n) is 10.6. The van der Waals surface area contributed by atoms with Crippen molar-refractivity contribution in [3.63, 3.8) is 0 Å². The van der Waals surface area contributed by atoms with Crippen LogP contribution in [-0.2, 0) is 14.3 Å². The Morgan fingerprint density at radius 1 is 1.52 bits per heavy atom. The number of hydrogen-bond donors (Lipinski definition) is 1. The van der Waals surface area contributed by atoms with Crippen LogP contribution in [0.3, 0.4) is 0 Å². The van der Waals surface area contributed by atoms with Crippen LogP contribution in [0.2, 0.25) is 0 Å². The van der Waals surface area contributed by atoms with E-state index in [1.807, 2.05) is 19.2 Å². The molecule has 1 N–H and O–H groups in total. The molecule has 7 heteroatoms. The van der Waals surface area contributed by atoms with Crippen molar-refractivity contribution in [2.75, 3.05) is 26.8 Å². The maximum atomic E-state index is 12.4. The monoisotopic (exact) mass is 448 g/mol. The van der Waals surface area contributed by atoms with Crippen LogP contribution in [0.4, 0.5) is 0 Å². The average molecular weight is 449 g/mol. The summed E-state index contributed by atoms with van der Waals surface area (Å²) in [5.41, 5.74) is -0.782. The molecule has 1 fully saturated rings. The maximum Gasteiger partial charge on any atom is 0.339 e. The number of carbonyl (C=O) groups excluding carboxylic acids is 1. The summed E-state index contributed by atoms with van der Waals surface area (Å²) < 4.78 is 10.5. The molecular weight excluding hydrogens is 412 g/mol. The maximum absolute atomic E-state index is 12.4. The lowest BCUT2D eigenvalue weighted by molar-refractivity contribution is -0.174. The van der Waals surface area contributed by atoms with Gasteiger partial charge < -0.3 is 14.6 Å². The highest BCUT2D eigenvalue weighted by Crippen LogP contribution is 2.41.